The maximum Gasteiger partial charge on any atom is 0.0841 e. The molecule has 0 aromatic rings. The quantitative estimate of drug-likeness (QED) is 0.606. The summed E-state index contributed by atoms with van der Waals surface area (Å²) in [5.41, 5.74) is 0. The second-order valence-electron chi connectivity index (χ2n) is 3.24. The van der Waals surface area contributed by atoms with E-state index < -0.39 is 0 Å². The highest BCUT2D eigenvalue weighted by Crippen LogP contribution is 2.26. The number of ether oxygens (including phenoxy) is 2. The van der Waals surface area contributed by atoms with Crippen molar-refractivity contribution in [1.29, 1.82) is 0 Å². The van der Waals surface area contributed by atoms with Crippen molar-refractivity contribution in [3.63, 3.8) is 0 Å². The lowest BCUT2D eigenvalue weighted by Gasteiger charge is -2.13. The summed E-state index contributed by atoms with van der Waals surface area (Å²) in [7, 11) is 0. The van der Waals surface area contributed by atoms with Crippen LogP contribution in [0, 0.1) is 13.2 Å². The van der Waals surface area contributed by atoms with E-state index in [1.54, 1.807) is 0 Å². The van der Waals surface area contributed by atoms with Gasteiger partial charge < -0.3 is 9.47 Å². The van der Waals surface area contributed by atoms with Crippen LogP contribution in [0.4, 0.5) is 0 Å². The second-order valence-corrected chi connectivity index (χ2v) is 3.24. The summed E-state index contributed by atoms with van der Waals surface area (Å²) in [6.45, 7) is 3.84. The zero-order valence-corrected chi connectivity index (χ0v) is 6.66. The monoisotopic (exact) mass is 154 g/mol. The normalized spacial score (nSPS) is 38.2. The molecule has 2 aliphatic heterocycles. The molecular formula is C9H14O2. The smallest absolute Gasteiger partial charge is 0.0841 e. The van der Waals surface area contributed by atoms with Gasteiger partial charge in [0, 0.05) is 0 Å². The fourth-order valence-electron chi connectivity index (χ4n) is 1.69. The van der Waals surface area contributed by atoms with E-state index in [1.807, 2.05) is 13.2 Å². The Bertz CT molecular complexity index is 98.7. The molecule has 2 aliphatic rings. The van der Waals surface area contributed by atoms with Gasteiger partial charge >= 0.3 is 0 Å². The van der Waals surface area contributed by atoms with Gasteiger partial charge in [0.25, 0.3) is 0 Å². The topological polar surface area (TPSA) is 18.5 Å². The molecule has 0 aromatic carbocycles. The van der Waals surface area contributed by atoms with Crippen LogP contribution in [0.1, 0.15) is 32.1 Å². The van der Waals surface area contributed by atoms with Crippen molar-refractivity contribution in [2.24, 2.45) is 0 Å². The minimum absolute atomic E-state index is 0.437. The van der Waals surface area contributed by atoms with Gasteiger partial charge in [-0.1, -0.05) is 0 Å². The van der Waals surface area contributed by atoms with Gasteiger partial charge in [-0.2, -0.15) is 0 Å². The molecule has 2 radical (unpaired) electrons. The molecule has 62 valence electrons. The molecule has 0 spiro atoms. The minimum Gasteiger partial charge on any atom is -0.372 e. The van der Waals surface area contributed by atoms with Gasteiger partial charge in [-0.05, 0) is 32.1 Å². The standard InChI is InChI=1S/C9H14O2/c1-3-8(10-5-1)7-9-4-2-6-11-9/h5-6,8-9H,1-4,7H2. The zero-order chi connectivity index (χ0) is 7.52. The summed E-state index contributed by atoms with van der Waals surface area (Å²) in [6, 6.07) is 0. The van der Waals surface area contributed by atoms with E-state index in [-0.39, 0.29) is 0 Å². The lowest BCUT2D eigenvalue weighted by molar-refractivity contribution is 0.0706. The molecule has 2 rings (SSSR count). The Morgan fingerprint density at radius 2 is 1.55 bits per heavy atom. The summed E-state index contributed by atoms with van der Waals surface area (Å²) >= 11 is 0. The Labute approximate surface area is 67.9 Å². The van der Waals surface area contributed by atoms with Gasteiger partial charge in [0.2, 0.25) is 0 Å². The highest BCUT2D eigenvalue weighted by molar-refractivity contribution is 4.79. The first-order valence-corrected chi connectivity index (χ1v) is 4.39. The van der Waals surface area contributed by atoms with Crippen LogP contribution in [0.5, 0.6) is 0 Å². The third-order valence-corrected chi connectivity index (χ3v) is 2.32. The Kier molecular flexibility index (Phi) is 2.44. The average Bonchev–Trinajstić information content (AvgIpc) is 2.60. The summed E-state index contributed by atoms with van der Waals surface area (Å²) in [6.07, 6.45) is 6.53. The Balaban J connectivity index is 1.71. The molecule has 0 amide bonds. The molecule has 2 heterocycles. The van der Waals surface area contributed by atoms with Gasteiger partial charge in [-0.15, -0.1) is 0 Å². The predicted molar refractivity (Wildman–Crippen MR) is 41.4 cm³/mol. The van der Waals surface area contributed by atoms with Crippen LogP contribution in [0.25, 0.3) is 0 Å². The second kappa shape index (κ2) is 3.55. The van der Waals surface area contributed by atoms with Crippen LogP contribution >= 0.6 is 0 Å². The first kappa shape index (κ1) is 7.56. The van der Waals surface area contributed by atoms with Crippen molar-refractivity contribution in [1.82, 2.24) is 0 Å². The van der Waals surface area contributed by atoms with Gasteiger partial charge in [-0.25, -0.2) is 0 Å². The van der Waals surface area contributed by atoms with Crippen LogP contribution in [0.15, 0.2) is 0 Å². The van der Waals surface area contributed by atoms with E-state index in [2.05, 4.69) is 0 Å². The summed E-state index contributed by atoms with van der Waals surface area (Å²) < 4.78 is 10.8. The highest BCUT2D eigenvalue weighted by atomic mass is 16.5. The van der Waals surface area contributed by atoms with Crippen LogP contribution in [-0.4, -0.2) is 12.2 Å². The van der Waals surface area contributed by atoms with Crippen LogP contribution < -0.4 is 0 Å². The Morgan fingerprint density at radius 3 is 1.91 bits per heavy atom. The molecule has 2 atom stereocenters. The fourth-order valence-corrected chi connectivity index (χ4v) is 1.69. The SMILES string of the molecule is [CH]1CCC(CC2CC[CH]O2)O1. The maximum atomic E-state index is 5.40. The van der Waals surface area contributed by atoms with E-state index in [0.717, 1.165) is 19.3 Å². The van der Waals surface area contributed by atoms with E-state index >= 15 is 0 Å². The van der Waals surface area contributed by atoms with Crippen LogP contribution in [0.2, 0.25) is 0 Å². The van der Waals surface area contributed by atoms with Crippen LogP contribution in [-0.2, 0) is 9.47 Å². The largest absolute Gasteiger partial charge is 0.372 e. The number of hydrogen-bond donors (Lipinski definition) is 0. The molecule has 2 saturated heterocycles. The van der Waals surface area contributed by atoms with E-state index in [4.69, 9.17) is 9.47 Å². The number of rotatable bonds is 2. The molecule has 2 unspecified atom stereocenters. The van der Waals surface area contributed by atoms with Crippen molar-refractivity contribution in [3.8, 4) is 0 Å². The van der Waals surface area contributed by atoms with Gasteiger partial charge in [0.1, 0.15) is 0 Å². The first-order valence-electron chi connectivity index (χ1n) is 4.39. The van der Waals surface area contributed by atoms with Gasteiger partial charge in [0.05, 0.1) is 25.4 Å². The van der Waals surface area contributed by atoms with Crippen molar-refractivity contribution < 1.29 is 9.47 Å². The summed E-state index contributed by atoms with van der Waals surface area (Å²) in [5, 5.41) is 0. The minimum atomic E-state index is 0.437. The molecule has 2 nitrogen and oxygen atoms in total. The molecule has 0 N–H and O–H groups in total. The molecule has 0 aliphatic carbocycles. The van der Waals surface area contributed by atoms with Gasteiger partial charge in [-0.3, -0.25) is 0 Å². The zero-order valence-electron chi connectivity index (χ0n) is 6.66. The van der Waals surface area contributed by atoms with E-state index in [0.29, 0.717) is 12.2 Å². The molecule has 2 heteroatoms. The predicted octanol–water partition coefficient (Wildman–Crippen LogP) is 2.06. The van der Waals surface area contributed by atoms with E-state index in [9.17, 15) is 0 Å². The van der Waals surface area contributed by atoms with E-state index in [1.165, 1.54) is 12.8 Å². The molecule has 0 aromatic heterocycles. The lowest BCUT2D eigenvalue weighted by atomic mass is 10.1. The Morgan fingerprint density at radius 1 is 1.00 bits per heavy atom. The van der Waals surface area contributed by atoms with Crippen molar-refractivity contribution in [2.75, 3.05) is 0 Å². The van der Waals surface area contributed by atoms with Gasteiger partial charge in [0.15, 0.2) is 0 Å². The molecule has 0 saturated carbocycles. The lowest BCUT2D eigenvalue weighted by Crippen LogP contribution is -2.15. The fraction of sp³-hybridized carbons (Fsp3) is 0.778. The Hall–Kier alpha value is -0.0800. The third-order valence-electron chi connectivity index (χ3n) is 2.32. The highest BCUT2D eigenvalue weighted by Gasteiger charge is 2.23. The molecule has 11 heavy (non-hydrogen) atoms. The van der Waals surface area contributed by atoms with Crippen LogP contribution in [0.3, 0.4) is 0 Å². The van der Waals surface area contributed by atoms with Crippen molar-refractivity contribution >= 4 is 0 Å². The summed E-state index contributed by atoms with van der Waals surface area (Å²) in [5.74, 6) is 0. The molecule has 0 bridgehead atoms. The third kappa shape index (κ3) is 1.94. The average molecular weight is 154 g/mol. The number of hydrogen-bond acceptors (Lipinski definition) is 2. The maximum absolute atomic E-state index is 5.40. The van der Waals surface area contributed by atoms with Crippen molar-refractivity contribution in [3.05, 3.63) is 13.2 Å². The summed E-state index contributed by atoms with van der Waals surface area (Å²) in [4.78, 5) is 0. The molecule has 2 fully saturated rings. The first-order chi connectivity index (χ1) is 5.45. The van der Waals surface area contributed by atoms with Crippen molar-refractivity contribution in [2.45, 2.75) is 44.3 Å². The molecular weight excluding hydrogens is 140 g/mol.